The first kappa shape index (κ1) is 5.43. The van der Waals surface area contributed by atoms with E-state index in [0.29, 0.717) is 11.6 Å². The van der Waals surface area contributed by atoms with E-state index in [1.165, 1.54) is 0 Å². The molecule has 0 spiro atoms. The van der Waals surface area contributed by atoms with Crippen LogP contribution in [0, 0.1) is 0 Å². The molecule has 0 unspecified atom stereocenters. The van der Waals surface area contributed by atoms with Gasteiger partial charge in [0.05, 0.1) is 5.75 Å². The second kappa shape index (κ2) is 2.04. The summed E-state index contributed by atoms with van der Waals surface area (Å²) in [7, 11) is 0. The Balaban J connectivity index is 2.84. The van der Waals surface area contributed by atoms with Gasteiger partial charge in [-0.1, -0.05) is 5.16 Å². The maximum Gasteiger partial charge on any atom is 0.318 e. The molecule has 4 nitrogen and oxygen atoms in total. The minimum Gasteiger partial charge on any atom is -0.351 e. The number of hydrogen-bond donors (Lipinski definition) is 2. The van der Waals surface area contributed by atoms with Gasteiger partial charge >= 0.3 is 6.01 Å². The Morgan fingerprint density at radius 2 is 2.50 bits per heavy atom. The molecule has 44 valence electrons. The summed E-state index contributed by atoms with van der Waals surface area (Å²) in [5, 5.41) is 3.45. The molecule has 5 heteroatoms. The highest BCUT2D eigenvalue weighted by Gasteiger charge is 1.96. The fraction of sp³-hybridized carbons (Fsp3) is 0.333. The van der Waals surface area contributed by atoms with Gasteiger partial charge in [0.15, 0.2) is 5.82 Å². The van der Waals surface area contributed by atoms with E-state index in [1.54, 1.807) is 0 Å². The fourth-order valence-corrected chi connectivity index (χ4v) is 0.460. The third-order valence-corrected chi connectivity index (χ3v) is 0.908. The third kappa shape index (κ3) is 0.919. The fourth-order valence-electron chi connectivity index (χ4n) is 0.332. The van der Waals surface area contributed by atoms with Crippen LogP contribution >= 0.6 is 12.6 Å². The van der Waals surface area contributed by atoms with Crippen molar-refractivity contribution >= 4 is 18.6 Å². The highest BCUT2D eigenvalue weighted by Crippen LogP contribution is 1.98. The van der Waals surface area contributed by atoms with Gasteiger partial charge in [-0.2, -0.15) is 17.6 Å². The Labute approximate surface area is 51.5 Å². The normalized spacial score (nSPS) is 9.62. The number of nitrogen functional groups attached to an aromatic ring is 1. The van der Waals surface area contributed by atoms with E-state index >= 15 is 0 Å². The summed E-state index contributed by atoms with van der Waals surface area (Å²) >= 11 is 3.88. The number of thiol groups is 1. The monoisotopic (exact) mass is 131 g/mol. The maximum atomic E-state index is 5.08. The van der Waals surface area contributed by atoms with Crippen molar-refractivity contribution in [3.8, 4) is 0 Å². The molecule has 0 saturated heterocycles. The smallest absolute Gasteiger partial charge is 0.318 e. The van der Waals surface area contributed by atoms with E-state index < -0.39 is 0 Å². The van der Waals surface area contributed by atoms with Gasteiger partial charge in [0.25, 0.3) is 0 Å². The highest BCUT2D eigenvalue weighted by atomic mass is 32.1. The van der Waals surface area contributed by atoms with Gasteiger partial charge in [0, 0.05) is 0 Å². The topological polar surface area (TPSA) is 64.9 Å². The van der Waals surface area contributed by atoms with Gasteiger partial charge < -0.3 is 10.3 Å². The first-order valence-corrected chi connectivity index (χ1v) is 2.65. The number of anilines is 1. The maximum absolute atomic E-state index is 5.08. The van der Waals surface area contributed by atoms with E-state index in [-0.39, 0.29) is 6.01 Å². The third-order valence-electron chi connectivity index (χ3n) is 0.625. The van der Waals surface area contributed by atoms with Crippen LogP contribution in [0.1, 0.15) is 5.82 Å². The molecular formula is C3H5N3OS. The van der Waals surface area contributed by atoms with Gasteiger partial charge in [0.2, 0.25) is 0 Å². The Hall–Kier alpha value is -0.710. The van der Waals surface area contributed by atoms with Crippen molar-refractivity contribution in [2.24, 2.45) is 0 Å². The molecule has 1 heterocycles. The Morgan fingerprint density at radius 3 is 2.75 bits per heavy atom. The minimum absolute atomic E-state index is 0.0917. The van der Waals surface area contributed by atoms with E-state index in [9.17, 15) is 0 Å². The van der Waals surface area contributed by atoms with Crippen LogP contribution in [0.15, 0.2) is 4.52 Å². The molecule has 0 aliphatic carbocycles. The predicted octanol–water partition coefficient (Wildman–Crippen LogP) is 0.0816. The lowest BCUT2D eigenvalue weighted by Gasteiger charge is -1.73. The minimum atomic E-state index is 0.0917. The molecule has 1 rings (SSSR count). The van der Waals surface area contributed by atoms with Crippen molar-refractivity contribution in [1.82, 2.24) is 10.1 Å². The van der Waals surface area contributed by atoms with Crippen molar-refractivity contribution in [2.45, 2.75) is 5.75 Å². The predicted molar refractivity (Wildman–Crippen MR) is 31.4 cm³/mol. The summed E-state index contributed by atoms with van der Waals surface area (Å²) in [6.45, 7) is 0. The van der Waals surface area contributed by atoms with Gasteiger partial charge in [-0.25, -0.2) is 0 Å². The first-order valence-electron chi connectivity index (χ1n) is 2.02. The summed E-state index contributed by atoms with van der Waals surface area (Å²) in [6, 6.07) is 0.0917. The van der Waals surface area contributed by atoms with Gasteiger partial charge in [0.1, 0.15) is 0 Å². The molecule has 1 aromatic rings. The molecule has 0 aliphatic heterocycles. The van der Waals surface area contributed by atoms with Crippen LogP contribution in [0.4, 0.5) is 6.01 Å². The summed E-state index contributed by atoms with van der Waals surface area (Å²) < 4.78 is 4.42. The molecule has 0 radical (unpaired) electrons. The zero-order valence-electron chi connectivity index (χ0n) is 4.03. The van der Waals surface area contributed by atoms with Crippen LogP contribution in [-0.2, 0) is 5.75 Å². The van der Waals surface area contributed by atoms with Gasteiger partial charge in [-0.15, -0.1) is 0 Å². The van der Waals surface area contributed by atoms with Crippen molar-refractivity contribution in [3.63, 3.8) is 0 Å². The Morgan fingerprint density at radius 1 is 1.75 bits per heavy atom. The largest absolute Gasteiger partial charge is 0.351 e. The molecule has 0 amide bonds. The molecular weight excluding hydrogens is 126 g/mol. The van der Waals surface area contributed by atoms with E-state index in [4.69, 9.17) is 5.73 Å². The summed E-state index contributed by atoms with van der Waals surface area (Å²) in [5.41, 5.74) is 5.08. The lowest BCUT2D eigenvalue weighted by atomic mass is 10.7. The highest BCUT2D eigenvalue weighted by molar-refractivity contribution is 7.79. The molecule has 8 heavy (non-hydrogen) atoms. The molecule has 0 aliphatic rings. The first-order chi connectivity index (χ1) is 3.83. The van der Waals surface area contributed by atoms with Crippen LogP contribution in [0.2, 0.25) is 0 Å². The van der Waals surface area contributed by atoms with E-state index in [1.807, 2.05) is 0 Å². The molecule has 0 atom stereocenters. The standard InChI is InChI=1S/C3H5N3OS/c4-3-5-2(1-8)6-7-3/h8H,1H2,(H2,4,5,6). The molecule has 0 fully saturated rings. The average Bonchev–Trinajstić information content (AvgIpc) is 2.14. The Kier molecular flexibility index (Phi) is 1.38. The lowest BCUT2D eigenvalue weighted by molar-refractivity contribution is 0.429. The molecule has 0 saturated carbocycles. The SMILES string of the molecule is Nc1nc(CS)no1. The van der Waals surface area contributed by atoms with Crippen molar-refractivity contribution in [3.05, 3.63) is 5.82 Å². The summed E-state index contributed by atoms with van der Waals surface area (Å²) in [4.78, 5) is 3.65. The number of rotatable bonds is 1. The second-order valence-corrected chi connectivity index (χ2v) is 1.52. The van der Waals surface area contributed by atoms with Crippen LogP contribution in [-0.4, -0.2) is 10.1 Å². The van der Waals surface area contributed by atoms with Crippen LogP contribution < -0.4 is 5.73 Å². The number of nitrogens with two attached hydrogens (primary N) is 1. The number of aromatic nitrogens is 2. The van der Waals surface area contributed by atoms with Crippen molar-refractivity contribution in [2.75, 3.05) is 5.73 Å². The quantitative estimate of drug-likeness (QED) is 0.530. The van der Waals surface area contributed by atoms with Crippen LogP contribution in [0.25, 0.3) is 0 Å². The van der Waals surface area contributed by atoms with Crippen molar-refractivity contribution in [1.29, 1.82) is 0 Å². The van der Waals surface area contributed by atoms with Gasteiger partial charge in [-0.05, 0) is 0 Å². The average molecular weight is 131 g/mol. The van der Waals surface area contributed by atoms with Crippen LogP contribution in [0.3, 0.4) is 0 Å². The molecule has 0 aromatic carbocycles. The number of hydrogen-bond acceptors (Lipinski definition) is 5. The zero-order chi connectivity index (χ0) is 5.98. The van der Waals surface area contributed by atoms with E-state index in [0.717, 1.165) is 0 Å². The molecule has 0 bridgehead atoms. The Bertz CT molecular complexity index is 175. The summed E-state index contributed by atoms with van der Waals surface area (Å²) in [5.74, 6) is 0.978. The van der Waals surface area contributed by atoms with E-state index in [2.05, 4.69) is 27.3 Å². The zero-order valence-corrected chi connectivity index (χ0v) is 4.93. The van der Waals surface area contributed by atoms with Crippen LogP contribution in [0.5, 0.6) is 0 Å². The van der Waals surface area contributed by atoms with Gasteiger partial charge in [-0.3, -0.25) is 0 Å². The molecule has 2 N–H and O–H groups in total. The van der Waals surface area contributed by atoms with Crippen molar-refractivity contribution < 1.29 is 4.52 Å². The second-order valence-electron chi connectivity index (χ2n) is 1.21. The summed E-state index contributed by atoms with van der Waals surface area (Å²) in [6.07, 6.45) is 0. The molecule has 1 aromatic heterocycles. The lowest BCUT2D eigenvalue weighted by Crippen LogP contribution is -1.83. The number of nitrogens with zero attached hydrogens (tertiary/aromatic N) is 2.